The summed E-state index contributed by atoms with van der Waals surface area (Å²) >= 11 is -1.87. The number of methoxy groups -OCH3 is 1. The van der Waals surface area contributed by atoms with Gasteiger partial charge >= 0.3 is 0 Å². The maximum absolute atomic E-state index is 10.5. The maximum Gasteiger partial charge on any atom is 0.157 e. The highest BCUT2D eigenvalue weighted by Gasteiger charge is 2.04. The fourth-order valence-electron chi connectivity index (χ4n) is 1.06. The number of hydrogen-bond donors (Lipinski definition) is 3. The van der Waals surface area contributed by atoms with Crippen molar-refractivity contribution < 1.29 is 18.7 Å². The molecule has 1 aromatic carbocycles. The lowest BCUT2D eigenvalue weighted by Gasteiger charge is -2.08. The Morgan fingerprint density at radius 1 is 1.57 bits per heavy atom. The number of nitrogens with one attached hydrogen (secondary N) is 1. The Bertz CT molecular complexity index is 342. The van der Waals surface area contributed by atoms with E-state index < -0.39 is 11.1 Å². The summed E-state index contributed by atoms with van der Waals surface area (Å²) in [6, 6.07) is 4.79. The number of benzene rings is 1. The van der Waals surface area contributed by atoms with E-state index >= 15 is 0 Å². The van der Waals surface area contributed by atoms with Crippen molar-refractivity contribution in [1.29, 1.82) is 0 Å². The van der Waals surface area contributed by atoms with Crippen LogP contribution in [0.2, 0.25) is 0 Å². The van der Waals surface area contributed by atoms with Crippen LogP contribution >= 0.6 is 0 Å². The summed E-state index contributed by atoms with van der Waals surface area (Å²) in [6.07, 6.45) is 0. The molecule has 0 aliphatic heterocycles. The summed E-state index contributed by atoms with van der Waals surface area (Å²) in [7, 11) is 1.45. The zero-order valence-electron chi connectivity index (χ0n) is 7.56. The molecule has 1 rings (SSSR count). The maximum atomic E-state index is 10.5. The van der Waals surface area contributed by atoms with Gasteiger partial charge in [0.05, 0.1) is 12.9 Å². The van der Waals surface area contributed by atoms with Gasteiger partial charge in [0.25, 0.3) is 0 Å². The molecule has 0 aliphatic carbocycles. The fraction of sp³-hybridized carbons (Fsp3) is 0.250. The van der Waals surface area contributed by atoms with Gasteiger partial charge in [-0.2, -0.15) is 0 Å². The van der Waals surface area contributed by atoms with E-state index in [-0.39, 0.29) is 5.75 Å². The molecule has 0 spiro atoms. The summed E-state index contributed by atoms with van der Waals surface area (Å²) in [5.74, 6) is 0.470. The van der Waals surface area contributed by atoms with Crippen LogP contribution in [-0.2, 0) is 16.8 Å². The fourth-order valence-corrected chi connectivity index (χ4v) is 1.53. The van der Waals surface area contributed by atoms with Crippen LogP contribution in [0.4, 0.5) is 5.69 Å². The molecule has 3 N–H and O–H groups in total. The van der Waals surface area contributed by atoms with Gasteiger partial charge in [0.2, 0.25) is 0 Å². The molecule has 0 heterocycles. The minimum Gasteiger partial charge on any atom is -0.494 e. The molecule has 14 heavy (non-hydrogen) atoms. The van der Waals surface area contributed by atoms with Gasteiger partial charge in [-0.1, -0.05) is 6.07 Å². The van der Waals surface area contributed by atoms with Crippen molar-refractivity contribution in [2.24, 2.45) is 0 Å². The molecule has 5 nitrogen and oxygen atoms in total. The minimum atomic E-state index is -1.87. The van der Waals surface area contributed by atoms with Crippen molar-refractivity contribution in [2.45, 2.75) is 5.75 Å². The van der Waals surface area contributed by atoms with Crippen LogP contribution in [0.15, 0.2) is 18.2 Å². The first-order valence-corrected chi connectivity index (χ1v) is 5.09. The first-order chi connectivity index (χ1) is 6.67. The Hall–Kier alpha value is -1.11. The molecule has 0 bridgehead atoms. The summed E-state index contributed by atoms with van der Waals surface area (Å²) in [5.41, 5.74) is 3.05. The smallest absolute Gasteiger partial charge is 0.157 e. The molecule has 6 heteroatoms. The Kier molecular flexibility index (Phi) is 3.87. The van der Waals surface area contributed by atoms with E-state index in [1.165, 1.54) is 7.11 Å². The van der Waals surface area contributed by atoms with E-state index in [9.17, 15) is 4.21 Å². The molecule has 0 aromatic heterocycles. The monoisotopic (exact) mass is 217 g/mol. The Labute approximate surface area is 84.0 Å². The molecule has 78 valence electrons. The van der Waals surface area contributed by atoms with Crippen molar-refractivity contribution in [3.05, 3.63) is 23.8 Å². The molecule has 1 atom stereocenters. The minimum absolute atomic E-state index is 0.0437. The van der Waals surface area contributed by atoms with Crippen molar-refractivity contribution in [3.8, 4) is 5.75 Å². The van der Waals surface area contributed by atoms with Crippen molar-refractivity contribution in [2.75, 3.05) is 12.6 Å². The van der Waals surface area contributed by atoms with E-state index in [0.717, 1.165) is 0 Å². The molecule has 1 aromatic rings. The Morgan fingerprint density at radius 2 is 2.29 bits per heavy atom. The highest BCUT2D eigenvalue weighted by atomic mass is 32.2. The zero-order chi connectivity index (χ0) is 10.6. The van der Waals surface area contributed by atoms with Gasteiger partial charge < -0.3 is 9.29 Å². The molecule has 0 radical (unpaired) electrons. The van der Waals surface area contributed by atoms with Crippen LogP contribution in [0.3, 0.4) is 0 Å². The van der Waals surface area contributed by atoms with Crippen molar-refractivity contribution >= 4 is 16.8 Å². The summed E-state index contributed by atoms with van der Waals surface area (Å²) < 4.78 is 24.1. The van der Waals surface area contributed by atoms with E-state index in [4.69, 9.17) is 14.5 Å². The lowest BCUT2D eigenvalue weighted by atomic mass is 10.2. The number of ether oxygens (including phenoxy) is 1. The first-order valence-electron chi connectivity index (χ1n) is 3.82. The van der Waals surface area contributed by atoms with Gasteiger partial charge in [0, 0.05) is 0 Å². The number of anilines is 1. The Morgan fingerprint density at radius 3 is 2.79 bits per heavy atom. The second-order valence-corrected chi connectivity index (χ2v) is 3.54. The van der Waals surface area contributed by atoms with Gasteiger partial charge in [0.15, 0.2) is 11.1 Å². The molecule has 1 unspecified atom stereocenters. The molecule has 0 saturated carbocycles. The average Bonchev–Trinajstić information content (AvgIpc) is 2.16. The van der Waals surface area contributed by atoms with Crippen LogP contribution in [0, 0.1) is 0 Å². The van der Waals surface area contributed by atoms with Crippen molar-refractivity contribution in [1.82, 2.24) is 0 Å². The van der Waals surface area contributed by atoms with E-state index in [1.807, 2.05) is 5.48 Å². The van der Waals surface area contributed by atoms with Crippen LogP contribution in [-0.4, -0.2) is 21.1 Å². The highest BCUT2D eigenvalue weighted by molar-refractivity contribution is 7.78. The van der Waals surface area contributed by atoms with E-state index in [1.54, 1.807) is 18.2 Å². The van der Waals surface area contributed by atoms with Crippen LogP contribution in [0.1, 0.15) is 5.56 Å². The van der Waals surface area contributed by atoms with Crippen LogP contribution < -0.4 is 10.2 Å². The predicted octanol–water partition coefficient (Wildman–Crippen LogP) is 1.22. The first kappa shape index (κ1) is 11.0. The van der Waals surface area contributed by atoms with Gasteiger partial charge in [-0.3, -0.25) is 10.7 Å². The average molecular weight is 217 g/mol. The third kappa shape index (κ3) is 2.69. The molecular formula is C8H11NO4S. The zero-order valence-corrected chi connectivity index (χ0v) is 8.37. The van der Waals surface area contributed by atoms with Gasteiger partial charge in [-0.15, -0.1) is 0 Å². The number of rotatable bonds is 4. The molecule has 0 aliphatic rings. The third-order valence-corrected chi connectivity index (χ3v) is 2.26. The Balaban J connectivity index is 2.95. The van der Waals surface area contributed by atoms with Crippen LogP contribution in [0.5, 0.6) is 5.75 Å². The van der Waals surface area contributed by atoms with Crippen LogP contribution in [0.25, 0.3) is 0 Å². The number of hydrogen-bond acceptors (Lipinski definition) is 4. The summed E-state index contributed by atoms with van der Waals surface area (Å²) in [5, 5.41) is 8.68. The standard InChI is InChI=1S/C8H11NO4S/c1-13-8-4-6(5-14(11)12)2-3-7(8)9-10/h2-4,9-10H,5H2,1H3,(H,11,12). The molecule has 0 amide bonds. The second kappa shape index (κ2) is 4.94. The lowest BCUT2D eigenvalue weighted by molar-refractivity contribution is 0.373. The van der Waals surface area contributed by atoms with Crippen molar-refractivity contribution in [3.63, 3.8) is 0 Å². The largest absolute Gasteiger partial charge is 0.494 e. The molecular weight excluding hydrogens is 206 g/mol. The lowest BCUT2D eigenvalue weighted by Crippen LogP contribution is -1.97. The van der Waals surface area contributed by atoms with E-state index in [0.29, 0.717) is 17.0 Å². The molecule has 0 saturated heterocycles. The van der Waals surface area contributed by atoms with Gasteiger partial charge in [-0.05, 0) is 17.7 Å². The molecule has 0 fully saturated rings. The SMILES string of the molecule is COc1cc(CS(=O)O)ccc1NO. The van der Waals surface area contributed by atoms with Gasteiger partial charge in [-0.25, -0.2) is 4.21 Å². The topological polar surface area (TPSA) is 78.8 Å². The van der Waals surface area contributed by atoms with Gasteiger partial charge in [0.1, 0.15) is 11.4 Å². The third-order valence-electron chi connectivity index (χ3n) is 1.68. The second-order valence-electron chi connectivity index (χ2n) is 2.61. The predicted molar refractivity (Wildman–Crippen MR) is 52.9 cm³/mol. The summed E-state index contributed by atoms with van der Waals surface area (Å²) in [4.78, 5) is 0. The van der Waals surface area contributed by atoms with E-state index in [2.05, 4.69) is 0 Å². The normalized spacial score (nSPS) is 12.2. The quantitative estimate of drug-likeness (QED) is 0.522. The summed E-state index contributed by atoms with van der Waals surface area (Å²) in [6.45, 7) is 0. The highest BCUT2D eigenvalue weighted by Crippen LogP contribution is 2.25.